The highest BCUT2D eigenvalue weighted by Crippen LogP contribution is 2.26. The Bertz CT molecular complexity index is 1180. The monoisotopic (exact) mass is 402 g/mol. The molecule has 8 heteroatoms. The van der Waals surface area contributed by atoms with Crippen molar-refractivity contribution in [1.82, 2.24) is 19.9 Å². The number of fused-ring (bicyclic) bond motifs is 2. The molecule has 30 heavy (non-hydrogen) atoms. The van der Waals surface area contributed by atoms with Gasteiger partial charge < -0.3 is 9.64 Å². The summed E-state index contributed by atoms with van der Waals surface area (Å²) < 4.78 is 6.74. The van der Waals surface area contributed by atoms with Gasteiger partial charge in [-0.3, -0.25) is 14.4 Å². The molecule has 1 amide bonds. The highest BCUT2D eigenvalue weighted by atomic mass is 16.5. The first-order chi connectivity index (χ1) is 14.6. The van der Waals surface area contributed by atoms with E-state index in [0.717, 1.165) is 5.56 Å². The number of carbonyl (C=O) groups is 3. The first kappa shape index (κ1) is 18.4. The van der Waals surface area contributed by atoms with E-state index >= 15 is 0 Å². The van der Waals surface area contributed by atoms with Gasteiger partial charge in [0.15, 0.2) is 5.69 Å². The van der Waals surface area contributed by atoms with Crippen LogP contribution in [-0.4, -0.2) is 63.7 Å². The van der Waals surface area contributed by atoms with E-state index in [1.54, 1.807) is 47.4 Å². The van der Waals surface area contributed by atoms with Crippen molar-refractivity contribution in [2.45, 2.75) is 6.54 Å². The van der Waals surface area contributed by atoms with Crippen LogP contribution in [0.3, 0.4) is 0 Å². The lowest BCUT2D eigenvalue weighted by Crippen LogP contribution is -2.40. The van der Waals surface area contributed by atoms with Gasteiger partial charge in [0.25, 0.3) is 5.91 Å². The molecule has 2 aliphatic rings. The van der Waals surface area contributed by atoms with E-state index < -0.39 is 0 Å². The van der Waals surface area contributed by atoms with Gasteiger partial charge in [-0.05, 0) is 17.7 Å². The maximum atomic E-state index is 13.0. The highest BCUT2D eigenvalue weighted by molar-refractivity contribution is 6.26. The van der Waals surface area contributed by atoms with Gasteiger partial charge in [0.2, 0.25) is 11.6 Å². The number of amides is 1. The largest absolute Gasteiger partial charge is 0.378 e. The van der Waals surface area contributed by atoms with Crippen LogP contribution in [0.1, 0.15) is 48.0 Å². The first-order valence-corrected chi connectivity index (χ1v) is 9.71. The minimum absolute atomic E-state index is 0.0547. The SMILES string of the molecule is O=C1c2ccccc2C(=O)c2c1nnn2Cc1cccc(C(=O)N2CCOCC2)c1. The van der Waals surface area contributed by atoms with Gasteiger partial charge >= 0.3 is 0 Å². The summed E-state index contributed by atoms with van der Waals surface area (Å²) in [5.41, 5.74) is 2.31. The molecule has 0 radical (unpaired) electrons. The maximum Gasteiger partial charge on any atom is 0.254 e. The molecule has 0 N–H and O–H groups in total. The Labute approximate surface area is 172 Å². The van der Waals surface area contributed by atoms with Crippen molar-refractivity contribution < 1.29 is 19.1 Å². The molecule has 0 atom stereocenters. The number of hydrogen-bond acceptors (Lipinski definition) is 6. The van der Waals surface area contributed by atoms with E-state index in [2.05, 4.69) is 10.3 Å². The van der Waals surface area contributed by atoms with E-state index in [4.69, 9.17) is 4.74 Å². The number of morpholine rings is 1. The second kappa shape index (κ2) is 7.31. The molecule has 1 saturated heterocycles. The molecule has 5 rings (SSSR count). The molecule has 2 aromatic carbocycles. The summed E-state index contributed by atoms with van der Waals surface area (Å²) >= 11 is 0. The molecule has 1 fully saturated rings. The van der Waals surface area contributed by atoms with Gasteiger partial charge in [-0.1, -0.05) is 41.6 Å². The number of aromatic nitrogens is 3. The van der Waals surface area contributed by atoms with Gasteiger partial charge in [-0.2, -0.15) is 0 Å². The maximum absolute atomic E-state index is 13.0. The lowest BCUT2D eigenvalue weighted by Gasteiger charge is -2.27. The number of ketones is 2. The molecule has 1 aromatic heterocycles. The van der Waals surface area contributed by atoms with Crippen molar-refractivity contribution in [3.8, 4) is 0 Å². The fourth-order valence-electron chi connectivity index (χ4n) is 3.86. The van der Waals surface area contributed by atoms with Crippen LogP contribution in [0, 0.1) is 0 Å². The number of nitrogens with zero attached hydrogens (tertiary/aromatic N) is 4. The third-order valence-corrected chi connectivity index (χ3v) is 5.39. The van der Waals surface area contributed by atoms with Crippen LogP contribution in [-0.2, 0) is 11.3 Å². The predicted molar refractivity (Wildman–Crippen MR) is 106 cm³/mol. The third-order valence-electron chi connectivity index (χ3n) is 5.39. The Hall–Kier alpha value is -3.65. The van der Waals surface area contributed by atoms with Crippen LogP contribution in [0.25, 0.3) is 0 Å². The number of carbonyl (C=O) groups excluding carboxylic acids is 3. The average Bonchev–Trinajstić information content (AvgIpc) is 3.22. The normalized spacial score (nSPS) is 15.7. The average molecular weight is 402 g/mol. The molecule has 8 nitrogen and oxygen atoms in total. The van der Waals surface area contributed by atoms with E-state index in [0.29, 0.717) is 43.0 Å². The fraction of sp³-hybridized carbons (Fsp3) is 0.227. The zero-order valence-corrected chi connectivity index (χ0v) is 16.1. The topological polar surface area (TPSA) is 94.4 Å². The van der Waals surface area contributed by atoms with Crippen molar-refractivity contribution in [3.05, 3.63) is 82.2 Å². The molecule has 0 bridgehead atoms. The van der Waals surface area contributed by atoms with Crippen molar-refractivity contribution in [3.63, 3.8) is 0 Å². The Morgan fingerprint density at radius 3 is 2.47 bits per heavy atom. The Morgan fingerprint density at radius 1 is 0.967 bits per heavy atom. The summed E-state index contributed by atoms with van der Waals surface area (Å²) in [7, 11) is 0. The first-order valence-electron chi connectivity index (χ1n) is 9.71. The Kier molecular flexibility index (Phi) is 4.48. The minimum atomic E-state index is -0.303. The summed E-state index contributed by atoms with van der Waals surface area (Å²) in [6.45, 7) is 2.43. The predicted octanol–water partition coefficient (Wildman–Crippen LogP) is 1.57. The van der Waals surface area contributed by atoms with Crippen LogP contribution in [0.15, 0.2) is 48.5 Å². The van der Waals surface area contributed by atoms with Crippen molar-refractivity contribution in [2.24, 2.45) is 0 Å². The van der Waals surface area contributed by atoms with Crippen LogP contribution >= 0.6 is 0 Å². The summed E-state index contributed by atoms with van der Waals surface area (Å²) in [5, 5.41) is 8.02. The standard InChI is InChI=1S/C22H18N4O4/c27-20-16-6-1-2-7-17(16)21(28)19-18(20)23-24-26(19)13-14-4-3-5-15(12-14)22(29)25-8-10-30-11-9-25/h1-7,12H,8-11,13H2. The zero-order chi connectivity index (χ0) is 20.7. The van der Waals surface area contributed by atoms with E-state index in [1.165, 1.54) is 4.68 Å². The number of benzene rings is 2. The van der Waals surface area contributed by atoms with Crippen molar-refractivity contribution in [2.75, 3.05) is 26.3 Å². The van der Waals surface area contributed by atoms with Crippen LogP contribution in [0.2, 0.25) is 0 Å². The Balaban J connectivity index is 1.44. The van der Waals surface area contributed by atoms with Crippen molar-refractivity contribution in [1.29, 1.82) is 0 Å². The van der Waals surface area contributed by atoms with Crippen molar-refractivity contribution >= 4 is 17.5 Å². The van der Waals surface area contributed by atoms with Crippen LogP contribution in [0.5, 0.6) is 0 Å². The highest BCUT2D eigenvalue weighted by Gasteiger charge is 2.34. The van der Waals surface area contributed by atoms with E-state index in [9.17, 15) is 14.4 Å². The summed E-state index contributed by atoms with van der Waals surface area (Å²) in [6.07, 6.45) is 0. The van der Waals surface area contributed by atoms with Crippen LogP contribution < -0.4 is 0 Å². The van der Waals surface area contributed by atoms with Gasteiger partial charge in [0.1, 0.15) is 5.69 Å². The molecular formula is C22H18N4O4. The summed E-state index contributed by atoms with van der Waals surface area (Å²) in [5.74, 6) is -0.630. The number of hydrogen-bond donors (Lipinski definition) is 0. The molecule has 0 saturated carbocycles. The Morgan fingerprint density at radius 2 is 1.70 bits per heavy atom. The van der Waals surface area contributed by atoms with Gasteiger partial charge in [0, 0.05) is 29.8 Å². The lowest BCUT2D eigenvalue weighted by atomic mass is 9.90. The summed E-state index contributed by atoms with van der Waals surface area (Å²) in [6, 6.07) is 13.9. The molecule has 0 spiro atoms. The molecule has 150 valence electrons. The molecule has 1 aliphatic carbocycles. The molecule has 2 heterocycles. The second-order valence-electron chi connectivity index (χ2n) is 7.25. The lowest BCUT2D eigenvalue weighted by molar-refractivity contribution is 0.0303. The van der Waals surface area contributed by atoms with Gasteiger partial charge in [0.05, 0.1) is 19.8 Å². The fourth-order valence-corrected chi connectivity index (χ4v) is 3.86. The van der Waals surface area contributed by atoms with Gasteiger partial charge in [-0.15, -0.1) is 5.10 Å². The molecular weight excluding hydrogens is 384 g/mol. The third kappa shape index (κ3) is 3.02. The van der Waals surface area contributed by atoms with E-state index in [1.807, 2.05) is 6.07 Å². The number of rotatable bonds is 3. The van der Waals surface area contributed by atoms with E-state index in [-0.39, 0.29) is 35.4 Å². The summed E-state index contributed by atoms with van der Waals surface area (Å²) in [4.78, 5) is 40.2. The van der Waals surface area contributed by atoms with Crippen LogP contribution in [0.4, 0.5) is 0 Å². The zero-order valence-electron chi connectivity index (χ0n) is 16.1. The molecule has 1 aliphatic heterocycles. The van der Waals surface area contributed by atoms with Gasteiger partial charge in [-0.25, -0.2) is 4.68 Å². The molecule has 0 unspecified atom stereocenters. The minimum Gasteiger partial charge on any atom is -0.378 e. The smallest absolute Gasteiger partial charge is 0.254 e. The number of ether oxygens (including phenoxy) is 1. The second-order valence-corrected chi connectivity index (χ2v) is 7.25. The molecule has 3 aromatic rings. The quantitative estimate of drug-likeness (QED) is 0.516.